The predicted octanol–water partition coefficient (Wildman–Crippen LogP) is 8.94. The number of nitrogens with zero attached hydrogens (tertiary/aromatic N) is 3. The van der Waals surface area contributed by atoms with E-state index in [9.17, 15) is 0 Å². The molecular formula is C38H24N4O. The number of para-hydroxylation sites is 1. The van der Waals surface area contributed by atoms with Gasteiger partial charge in [0.2, 0.25) is 5.71 Å². The number of furan rings is 1. The minimum atomic E-state index is -0.486. The number of amidine groups is 2. The molecule has 3 heterocycles. The van der Waals surface area contributed by atoms with Gasteiger partial charge in [-0.05, 0) is 51.9 Å². The molecule has 5 heteroatoms. The Morgan fingerprint density at radius 2 is 1.14 bits per heavy atom. The van der Waals surface area contributed by atoms with E-state index < -0.39 is 6.17 Å². The van der Waals surface area contributed by atoms with Gasteiger partial charge in [-0.1, -0.05) is 103 Å². The van der Waals surface area contributed by atoms with Crippen LogP contribution in [0.3, 0.4) is 0 Å². The topological polar surface area (TPSA) is 62.8 Å². The third kappa shape index (κ3) is 3.97. The molecule has 1 aliphatic heterocycles. The fourth-order valence-corrected chi connectivity index (χ4v) is 6.15. The largest absolute Gasteiger partial charge is 0.438 e. The average Bonchev–Trinajstić information content (AvgIpc) is 3.44. The molecule has 0 unspecified atom stereocenters. The van der Waals surface area contributed by atoms with Gasteiger partial charge >= 0.3 is 0 Å². The summed E-state index contributed by atoms with van der Waals surface area (Å²) < 4.78 is 6.29. The van der Waals surface area contributed by atoms with Crippen molar-refractivity contribution in [2.45, 2.75) is 6.17 Å². The summed E-state index contributed by atoms with van der Waals surface area (Å²) in [4.78, 5) is 15.3. The molecule has 0 fully saturated rings. The Balaban J connectivity index is 1.26. The Morgan fingerprint density at radius 3 is 1.81 bits per heavy atom. The third-order valence-electron chi connectivity index (χ3n) is 8.29. The van der Waals surface area contributed by atoms with Crippen molar-refractivity contribution in [3.8, 4) is 0 Å². The van der Waals surface area contributed by atoms with Gasteiger partial charge in [-0.2, -0.15) is 0 Å². The maximum Gasteiger partial charge on any atom is 0.227 e. The number of aliphatic imine (C=N–C) groups is 2. The van der Waals surface area contributed by atoms with E-state index in [1.54, 1.807) is 0 Å². The lowest BCUT2D eigenvalue weighted by atomic mass is 10.0. The second-order valence-corrected chi connectivity index (χ2v) is 10.9. The smallest absolute Gasteiger partial charge is 0.227 e. The zero-order valence-corrected chi connectivity index (χ0v) is 23.0. The number of hydrogen-bond donors (Lipinski definition) is 1. The Hall–Kier alpha value is -5.81. The number of nitrogens with one attached hydrogen (secondary N) is 1. The first kappa shape index (κ1) is 23.9. The predicted molar refractivity (Wildman–Crippen MR) is 176 cm³/mol. The summed E-state index contributed by atoms with van der Waals surface area (Å²) in [5, 5.41) is 11.3. The Bertz CT molecular complexity index is 2360. The molecule has 8 aromatic rings. The highest BCUT2D eigenvalue weighted by Gasteiger charge is 2.24. The summed E-state index contributed by atoms with van der Waals surface area (Å²) >= 11 is 0. The molecule has 202 valence electrons. The van der Waals surface area contributed by atoms with Crippen LogP contribution in [0.4, 0.5) is 0 Å². The lowest BCUT2D eigenvalue weighted by molar-refractivity contribution is 0.655. The minimum Gasteiger partial charge on any atom is -0.438 e. The normalized spacial score (nSPS) is 14.0. The lowest BCUT2D eigenvalue weighted by Crippen LogP contribution is -2.36. The van der Waals surface area contributed by atoms with Gasteiger partial charge in [0.05, 0.1) is 5.52 Å². The molecule has 1 aliphatic rings. The number of rotatable bonds is 3. The van der Waals surface area contributed by atoms with Crippen molar-refractivity contribution in [1.29, 1.82) is 0 Å². The van der Waals surface area contributed by atoms with Crippen molar-refractivity contribution < 1.29 is 4.42 Å². The monoisotopic (exact) mass is 552 g/mol. The highest BCUT2D eigenvalue weighted by atomic mass is 16.3. The third-order valence-corrected chi connectivity index (χ3v) is 8.29. The van der Waals surface area contributed by atoms with Crippen LogP contribution in [0.1, 0.15) is 22.9 Å². The molecular weight excluding hydrogens is 528 g/mol. The Morgan fingerprint density at radius 1 is 0.535 bits per heavy atom. The fraction of sp³-hybridized carbons (Fsp3) is 0.0263. The van der Waals surface area contributed by atoms with Crippen LogP contribution in [0.15, 0.2) is 148 Å². The molecule has 1 N–H and O–H groups in total. The van der Waals surface area contributed by atoms with E-state index in [2.05, 4.69) is 108 Å². The summed E-state index contributed by atoms with van der Waals surface area (Å²) in [6, 6.07) is 46.1. The van der Waals surface area contributed by atoms with Gasteiger partial charge in [0.1, 0.15) is 17.3 Å². The zero-order chi connectivity index (χ0) is 28.3. The molecule has 0 bridgehead atoms. The van der Waals surface area contributed by atoms with E-state index in [0.717, 1.165) is 66.4 Å². The van der Waals surface area contributed by atoms with E-state index in [-0.39, 0.29) is 0 Å². The van der Waals surface area contributed by atoms with Crippen LogP contribution in [0.25, 0.3) is 54.5 Å². The maximum atomic E-state index is 6.29. The molecule has 5 nitrogen and oxygen atoms in total. The first-order chi connectivity index (χ1) is 21.3. The van der Waals surface area contributed by atoms with E-state index in [4.69, 9.17) is 19.4 Å². The summed E-state index contributed by atoms with van der Waals surface area (Å²) in [5.41, 5.74) is 5.30. The summed E-state index contributed by atoms with van der Waals surface area (Å²) in [7, 11) is 0. The van der Waals surface area contributed by atoms with E-state index in [1.807, 2.05) is 30.3 Å². The van der Waals surface area contributed by atoms with Crippen LogP contribution in [-0.4, -0.2) is 16.7 Å². The van der Waals surface area contributed by atoms with Gasteiger partial charge < -0.3 is 9.73 Å². The molecule has 6 aromatic carbocycles. The highest BCUT2D eigenvalue weighted by molar-refractivity contribution is 6.18. The van der Waals surface area contributed by atoms with Crippen molar-refractivity contribution in [3.05, 3.63) is 150 Å². The lowest BCUT2D eigenvalue weighted by Gasteiger charge is -2.23. The first-order valence-electron chi connectivity index (χ1n) is 14.4. The molecule has 43 heavy (non-hydrogen) atoms. The van der Waals surface area contributed by atoms with Crippen molar-refractivity contribution in [1.82, 2.24) is 10.3 Å². The highest BCUT2D eigenvalue weighted by Crippen LogP contribution is 2.37. The van der Waals surface area contributed by atoms with Gasteiger partial charge in [-0.3, -0.25) is 0 Å². The SMILES string of the molecule is c1ccc2cc(C3=NC(c4cccc5oc6nc7ccccc7cc6c45)N=C(c4ccc5ccccc5c4)N3)ccc2c1. The van der Waals surface area contributed by atoms with Gasteiger partial charge in [0, 0.05) is 32.8 Å². The molecule has 0 atom stereocenters. The molecule has 0 amide bonds. The van der Waals surface area contributed by atoms with Gasteiger partial charge in [0.15, 0.2) is 6.17 Å². The molecule has 0 spiro atoms. The van der Waals surface area contributed by atoms with Crippen molar-refractivity contribution >= 4 is 66.2 Å². The maximum absolute atomic E-state index is 6.29. The minimum absolute atomic E-state index is 0.486. The second-order valence-electron chi connectivity index (χ2n) is 10.9. The van der Waals surface area contributed by atoms with Crippen LogP contribution < -0.4 is 5.32 Å². The Kier molecular flexibility index (Phi) is 5.19. The van der Waals surface area contributed by atoms with Crippen molar-refractivity contribution in [2.75, 3.05) is 0 Å². The molecule has 9 rings (SSSR count). The Labute approximate surface area is 246 Å². The molecule has 0 saturated heterocycles. The zero-order valence-electron chi connectivity index (χ0n) is 23.0. The van der Waals surface area contributed by atoms with E-state index in [1.165, 1.54) is 10.8 Å². The standard InChI is InChI=1S/C38H24N4O/c1-3-10-25-20-28(18-16-23(25)8-1)35-40-36(29-19-17-24-9-2-4-11-26(24)21-29)42-37(41-35)30-13-7-15-33-34(30)31-22-27-12-5-6-14-32(27)39-38(31)43-33/h1-22,37H,(H,40,41,42). The average molecular weight is 553 g/mol. The van der Waals surface area contributed by atoms with Crippen molar-refractivity contribution in [3.63, 3.8) is 0 Å². The van der Waals surface area contributed by atoms with Crippen LogP contribution in [0, 0.1) is 0 Å². The quantitative estimate of drug-likeness (QED) is 0.238. The van der Waals surface area contributed by atoms with Crippen LogP contribution in [-0.2, 0) is 0 Å². The number of benzene rings is 6. The van der Waals surface area contributed by atoms with Gasteiger partial charge in [0.25, 0.3) is 0 Å². The van der Waals surface area contributed by atoms with Gasteiger partial charge in [-0.25, -0.2) is 15.0 Å². The van der Waals surface area contributed by atoms with Crippen molar-refractivity contribution in [2.24, 2.45) is 9.98 Å². The molecule has 2 aromatic heterocycles. The van der Waals surface area contributed by atoms with Crippen LogP contribution in [0.2, 0.25) is 0 Å². The number of pyridine rings is 1. The summed E-state index contributed by atoms with van der Waals surface area (Å²) in [5.74, 6) is 1.56. The van der Waals surface area contributed by atoms with E-state index in [0.29, 0.717) is 5.71 Å². The van der Waals surface area contributed by atoms with Crippen LogP contribution >= 0.6 is 0 Å². The summed E-state index contributed by atoms with van der Waals surface area (Å²) in [6.45, 7) is 0. The van der Waals surface area contributed by atoms with Crippen LogP contribution in [0.5, 0.6) is 0 Å². The first-order valence-corrected chi connectivity index (χ1v) is 14.4. The molecule has 0 radical (unpaired) electrons. The summed E-state index contributed by atoms with van der Waals surface area (Å²) in [6.07, 6.45) is -0.486. The fourth-order valence-electron chi connectivity index (χ4n) is 6.15. The second kappa shape index (κ2) is 9.36. The number of fused-ring (bicyclic) bond motifs is 6. The number of hydrogen-bond acceptors (Lipinski definition) is 5. The number of aromatic nitrogens is 1. The molecule has 0 saturated carbocycles. The van der Waals surface area contributed by atoms with E-state index >= 15 is 0 Å². The molecule has 0 aliphatic carbocycles. The van der Waals surface area contributed by atoms with Gasteiger partial charge in [-0.15, -0.1) is 0 Å².